The Balaban J connectivity index is -0.000000613. The average Bonchev–Trinajstić information content (AvgIpc) is 3.04. The van der Waals surface area contributed by atoms with Crippen LogP contribution in [0.15, 0.2) is 77.7 Å². The molecular formula is C21H29N3O4S. The van der Waals surface area contributed by atoms with Crippen molar-refractivity contribution in [1.29, 1.82) is 0 Å². The molecule has 1 heterocycles. The van der Waals surface area contributed by atoms with Gasteiger partial charge in [0.05, 0.1) is 6.42 Å². The van der Waals surface area contributed by atoms with Crippen molar-refractivity contribution in [2.24, 2.45) is 0 Å². The lowest BCUT2D eigenvalue weighted by molar-refractivity contribution is -0.115. The number of rotatable bonds is 2. The van der Waals surface area contributed by atoms with E-state index in [9.17, 15) is 9.59 Å². The molecule has 29 heavy (non-hydrogen) atoms. The van der Waals surface area contributed by atoms with Crippen LogP contribution in [0.3, 0.4) is 0 Å². The normalized spacial score (nSPS) is 10.9. The van der Waals surface area contributed by atoms with Gasteiger partial charge in [0, 0.05) is 31.8 Å². The van der Waals surface area contributed by atoms with Gasteiger partial charge < -0.3 is 27.3 Å². The van der Waals surface area contributed by atoms with Gasteiger partial charge in [-0.15, -0.1) is 12.6 Å². The predicted molar refractivity (Wildman–Crippen MR) is 125 cm³/mol. The molecule has 3 aromatic carbocycles. The van der Waals surface area contributed by atoms with Crippen LogP contribution in [0.25, 0.3) is 0 Å². The van der Waals surface area contributed by atoms with Crippen LogP contribution in [0.5, 0.6) is 0 Å². The molecule has 0 aliphatic carbocycles. The lowest BCUT2D eigenvalue weighted by Crippen LogP contribution is -2.12. The van der Waals surface area contributed by atoms with Gasteiger partial charge in [0.2, 0.25) is 5.91 Å². The summed E-state index contributed by atoms with van der Waals surface area (Å²) < 4.78 is 0. The molecule has 2 amide bonds. The van der Waals surface area contributed by atoms with Crippen LogP contribution in [0, 0.1) is 0 Å². The fraction of sp³-hybridized carbons (Fsp3) is 0.0476. The number of fused-ring (bicyclic) bond motifs is 1. The van der Waals surface area contributed by atoms with Gasteiger partial charge in [-0.25, -0.2) is 0 Å². The number of hydrogen-bond donors (Lipinski definition) is 4. The minimum absolute atomic E-state index is 0. The molecule has 8 heteroatoms. The summed E-state index contributed by atoms with van der Waals surface area (Å²) in [6.45, 7) is 0. The zero-order chi connectivity index (χ0) is 19.2. The topological polar surface area (TPSA) is 147 Å². The number of anilines is 3. The minimum atomic E-state index is -0.208. The van der Waals surface area contributed by atoms with E-state index in [1.54, 1.807) is 30.3 Å². The monoisotopic (exact) mass is 419 g/mol. The number of nitrogen functional groups attached to an aromatic ring is 1. The van der Waals surface area contributed by atoms with Crippen LogP contribution < -0.4 is 16.4 Å². The summed E-state index contributed by atoms with van der Waals surface area (Å²) in [4.78, 5) is 24.3. The highest BCUT2D eigenvalue weighted by Gasteiger charge is 2.19. The van der Waals surface area contributed by atoms with E-state index < -0.39 is 0 Å². The van der Waals surface area contributed by atoms with Crippen molar-refractivity contribution in [1.82, 2.24) is 0 Å². The first-order valence-electron chi connectivity index (χ1n) is 8.35. The van der Waals surface area contributed by atoms with E-state index in [1.807, 2.05) is 42.5 Å². The number of para-hydroxylation sites is 1. The van der Waals surface area contributed by atoms with Crippen LogP contribution in [0.1, 0.15) is 20.2 Å². The van der Waals surface area contributed by atoms with Gasteiger partial charge in [-0.1, -0.05) is 24.3 Å². The number of hydrogen-bond acceptors (Lipinski definition) is 4. The van der Waals surface area contributed by atoms with Crippen LogP contribution in [0.4, 0.5) is 17.1 Å². The van der Waals surface area contributed by atoms with E-state index in [1.165, 1.54) is 0 Å². The second-order valence-corrected chi connectivity index (χ2v) is 6.52. The summed E-state index contributed by atoms with van der Waals surface area (Å²) in [7, 11) is 0. The summed E-state index contributed by atoms with van der Waals surface area (Å²) in [6.07, 6.45) is 0.376. The Bertz CT molecular complexity index is 978. The molecule has 4 rings (SSSR count). The van der Waals surface area contributed by atoms with Crippen molar-refractivity contribution in [3.63, 3.8) is 0 Å². The smallest absolute Gasteiger partial charge is 0.255 e. The van der Waals surface area contributed by atoms with Crippen LogP contribution in [-0.2, 0) is 11.2 Å². The number of benzene rings is 3. The maximum Gasteiger partial charge on any atom is 0.255 e. The molecule has 0 spiro atoms. The summed E-state index contributed by atoms with van der Waals surface area (Å²) in [5.41, 5.74) is 9.04. The number of amides is 2. The Morgan fingerprint density at radius 2 is 1.66 bits per heavy atom. The standard InChI is InChI=1S/C15H12N2O2S.C6H7N.2H2O.3H2/c18-14-8-9-1-2-10(7-13(9)17-14)15(19)16-11-3-5-12(20)6-4-11;7-6-4-2-1-3-5-6;;;;;/h1-7,20H,8H2,(H,16,19)(H,17,18);1-5H,7H2;2*1H2;3*1H. The molecule has 0 atom stereocenters. The highest BCUT2D eigenvalue weighted by molar-refractivity contribution is 7.80. The van der Waals surface area contributed by atoms with Crippen molar-refractivity contribution in [3.8, 4) is 0 Å². The molecule has 158 valence electrons. The predicted octanol–water partition coefficient (Wildman–Crippen LogP) is 3.08. The van der Waals surface area contributed by atoms with Gasteiger partial charge in [0.15, 0.2) is 0 Å². The summed E-state index contributed by atoms with van der Waals surface area (Å²) >= 11 is 4.19. The highest BCUT2D eigenvalue weighted by Crippen LogP contribution is 2.24. The summed E-state index contributed by atoms with van der Waals surface area (Å²) in [5, 5.41) is 5.54. The molecule has 0 fully saturated rings. The maximum absolute atomic E-state index is 12.1. The molecule has 0 saturated heterocycles. The molecule has 0 aromatic heterocycles. The first kappa shape index (κ1) is 23.7. The average molecular weight is 420 g/mol. The van der Waals surface area contributed by atoms with Gasteiger partial charge in [-0.3, -0.25) is 9.59 Å². The van der Waals surface area contributed by atoms with Crippen LogP contribution >= 0.6 is 12.6 Å². The highest BCUT2D eigenvalue weighted by atomic mass is 32.1. The third-order valence-corrected chi connectivity index (χ3v) is 4.22. The molecule has 0 unspecified atom stereocenters. The Morgan fingerprint density at radius 3 is 2.24 bits per heavy atom. The number of thiol groups is 1. The van der Waals surface area contributed by atoms with E-state index in [2.05, 4.69) is 23.3 Å². The van der Waals surface area contributed by atoms with Crippen molar-refractivity contribution in [3.05, 3.63) is 83.9 Å². The maximum atomic E-state index is 12.1. The van der Waals surface area contributed by atoms with Crippen molar-refractivity contribution < 1.29 is 24.8 Å². The Morgan fingerprint density at radius 1 is 1.00 bits per heavy atom. The molecule has 1 aliphatic rings. The lowest BCUT2D eigenvalue weighted by Gasteiger charge is -2.07. The van der Waals surface area contributed by atoms with Crippen molar-refractivity contribution >= 4 is 41.5 Å². The number of carbonyl (C=O) groups excluding carboxylic acids is 2. The number of nitrogens with one attached hydrogen (secondary N) is 2. The van der Waals surface area contributed by atoms with Crippen molar-refractivity contribution in [2.45, 2.75) is 11.3 Å². The molecule has 8 N–H and O–H groups in total. The first-order chi connectivity index (χ1) is 13.0. The molecule has 3 aromatic rings. The molecule has 0 saturated carbocycles. The number of carbonyl (C=O) groups is 2. The van der Waals surface area contributed by atoms with Crippen LogP contribution in [0.2, 0.25) is 0 Å². The van der Waals surface area contributed by atoms with Crippen LogP contribution in [-0.4, -0.2) is 22.8 Å². The fourth-order valence-corrected chi connectivity index (χ4v) is 2.71. The van der Waals surface area contributed by atoms with E-state index in [0.29, 0.717) is 23.4 Å². The molecule has 1 aliphatic heterocycles. The third-order valence-electron chi connectivity index (χ3n) is 3.92. The van der Waals surface area contributed by atoms with Gasteiger partial charge in [-0.2, -0.15) is 0 Å². The van der Waals surface area contributed by atoms with E-state index in [-0.39, 0.29) is 27.0 Å². The molecule has 0 bridgehead atoms. The Labute approximate surface area is 178 Å². The minimum Gasteiger partial charge on any atom is -0.412 e. The largest absolute Gasteiger partial charge is 0.412 e. The fourth-order valence-electron chi connectivity index (χ4n) is 2.56. The Hall–Kier alpha value is -3.33. The SMILES string of the molecule is Nc1ccccc1.O.O.O=C1Cc2ccc(C(=O)Nc3ccc(S)cc3)cc2N1.[HH].[HH].[HH]. The third kappa shape index (κ3) is 6.65. The van der Waals surface area contributed by atoms with Gasteiger partial charge in [-0.05, 0) is 54.1 Å². The van der Waals surface area contributed by atoms with Crippen molar-refractivity contribution in [2.75, 3.05) is 16.4 Å². The quantitative estimate of drug-likeness (QED) is 0.374. The zero-order valence-electron chi connectivity index (χ0n) is 15.5. The van der Waals surface area contributed by atoms with E-state index in [4.69, 9.17) is 5.73 Å². The summed E-state index contributed by atoms with van der Waals surface area (Å²) in [6, 6.07) is 21.9. The Kier molecular flexibility index (Phi) is 8.88. The van der Waals surface area contributed by atoms with E-state index >= 15 is 0 Å². The van der Waals surface area contributed by atoms with Gasteiger partial charge in [0.25, 0.3) is 5.91 Å². The van der Waals surface area contributed by atoms with Gasteiger partial charge >= 0.3 is 0 Å². The molecular weight excluding hydrogens is 390 g/mol. The second-order valence-electron chi connectivity index (χ2n) is 6.01. The lowest BCUT2D eigenvalue weighted by atomic mass is 10.1. The van der Waals surface area contributed by atoms with Gasteiger partial charge in [0.1, 0.15) is 0 Å². The summed E-state index contributed by atoms with van der Waals surface area (Å²) in [5.74, 6) is -0.247. The molecule has 0 radical (unpaired) electrons. The first-order valence-corrected chi connectivity index (χ1v) is 8.79. The zero-order valence-corrected chi connectivity index (χ0v) is 16.4. The number of nitrogens with two attached hydrogens (primary N) is 1. The second kappa shape index (κ2) is 10.9. The van der Waals surface area contributed by atoms with E-state index in [0.717, 1.165) is 16.1 Å². The molecule has 7 nitrogen and oxygen atoms in total.